The first kappa shape index (κ1) is 6.81. The molecule has 0 aromatic carbocycles. The molecule has 0 radical (unpaired) electrons. The maximum absolute atomic E-state index is 12.4. The van der Waals surface area contributed by atoms with E-state index in [0.717, 1.165) is 0 Å². The molecule has 0 heterocycles. The summed E-state index contributed by atoms with van der Waals surface area (Å²) in [6, 6.07) is 0. The second-order valence-electron chi connectivity index (χ2n) is 2.04. The first-order valence-corrected chi connectivity index (χ1v) is 2.91. The van der Waals surface area contributed by atoms with E-state index in [1.807, 2.05) is 0 Å². The molecule has 1 fully saturated rings. The van der Waals surface area contributed by atoms with Gasteiger partial charge in [-0.25, -0.2) is 4.39 Å². The number of halogens is 2. The smallest absolute Gasteiger partial charge is 0.313 e. The van der Waals surface area contributed by atoms with E-state index < -0.39 is 17.0 Å². The Morgan fingerprint density at radius 1 is 2.00 bits per heavy atom. The summed E-state index contributed by atoms with van der Waals surface area (Å²) in [4.78, 5) is 10.4. The topological polar surface area (TPSA) is 26.3 Å². The van der Waals surface area contributed by atoms with Gasteiger partial charge in [0.25, 0.3) is 0 Å². The fourth-order valence-electron chi connectivity index (χ4n) is 0.611. The third-order valence-corrected chi connectivity index (χ3v) is 1.73. The van der Waals surface area contributed by atoms with Crippen LogP contribution in [0.15, 0.2) is 0 Å². The van der Waals surface area contributed by atoms with Gasteiger partial charge in [-0.1, -0.05) is 11.6 Å². The largest absolute Gasteiger partial charge is 0.469 e. The van der Waals surface area contributed by atoms with Gasteiger partial charge in [0.05, 0.1) is 7.11 Å². The van der Waals surface area contributed by atoms with Crippen LogP contribution in [0, 0.1) is 5.92 Å². The Morgan fingerprint density at radius 3 is 2.56 bits per heavy atom. The summed E-state index contributed by atoms with van der Waals surface area (Å²) in [5.41, 5.74) is 0. The normalized spacial score (nSPS) is 40.1. The molecule has 0 spiro atoms. The molecule has 2 atom stereocenters. The highest BCUT2D eigenvalue weighted by molar-refractivity contribution is 6.26. The van der Waals surface area contributed by atoms with Gasteiger partial charge in [0.1, 0.15) is 5.92 Å². The van der Waals surface area contributed by atoms with Crippen LogP contribution in [0.5, 0.6) is 0 Å². The monoisotopic (exact) mass is 152 g/mol. The first-order chi connectivity index (χ1) is 4.08. The van der Waals surface area contributed by atoms with Crippen molar-refractivity contribution in [3.63, 3.8) is 0 Å². The summed E-state index contributed by atoms with van der Waals surface area (Å²) in [6.45, 7) is 0. The second-order valence-corrected chi connectivity index (χ2v) is 2.67. The molecule has 0 N–H and O–H groups in total. The summed E-state index contributed by atoms with van der Waals surface area (Å²) in [5.74, 6) is -1.29. The van der Waals surface area contributed by atoms with Gasteiger partial charge in [-0.2, -0.15) is 0 Å². The van der Waals surface area contributed by atoms with Crippen LogP contribution in [-0.4, -0.2) is 18.2 Å². The highest BCUT2D eigenvalue weighted by atomic mass is 35.5. The average Bonchev–Trinajstić information content (AvgIpc) is 2.38. The van der Waals surface area contributed by atoms with Gasteiger partial charge in [-0.3, -0.25) is 4.79 Å². The number of esters is 1. The molecule has 9 heavy (non-hydrogen) atoms. The third kappa shape index (κ3) is 1.15. The maximum atomic E-state index is 12.4. The van der Waals surface area contributed by atoms with Gasteiger partial charge >= 0.3 is 5.97 Å². The zero-order chi connectivity index (χ0) is 7.07. The second kappa shape index (κ2) is 1.84. The van der Waals surface area contributed by atoms with E-state index in [9.17, 15) is 9.18 Å². The van der Waals surface area contributed by atoms with Crippen LogP contribution in [0.2, 0.25) is 0 Å². The van der Waals surface area contributed by atoms with Crippen molar-refractivity contribution in [1.82, 2.24) is 0 Å². The van der Waals surface area contributed by atoms with Crippen molar-refractivity contribution in [3.8, 4) is 0 Å². The molecule has 52 valence electrons. The highest BCUT2D eigenvalue weighted by Gasteiger charge is 2.59. The molecule has 4 heteroatoms. The van der Waals surface area contributed by atoms with Crippen LogP contribution in [0.4, 0.5) is 4.39 Å². The zero-order valence-electron chi connectivity index (χ0n) is 4.86. The molecule has 0 amide bonds. The minimum atomic E-state index is -1.81. The molecule has 2 unspecified atom stereocenters. The van der Waals surface area contributed by atoms with Crippen molar-refractivity contribution < 1.29 is 13.9 Å². The molecule has 1 aliphatic carbocycles. The van der Waals surface area contributed by atoms with Gasteiger partial charge in [0.2, 0.25) is 0 Å². The van der Waals surface area contributed by atoms with Gasteiger partial charge < -0.3 is 4.74 Å². The van der Waals surface area contributed by atoms with Crippen LogP contribution in [0.3, 0.4) is 0 Å². The van der Waals surface area contributed by atoms with Crippen LogP contribution in [0.25, 0.3) is 0 Å². The number of hydrogen-bond acceptors (Lipinski definition) is 2. The van der Waals surface area contributed by atoms with Crippen molar-refractivity contribution in [3.05, 3.63) is 0 Å². The average molecular weight is 153 g/mol. The van der Waals surface area contributed by atoms with Crippen molar-refractivity contribution in [2.75, 3.05) is 7.11 Å². The zero-order valence-corrected chi connectivity index (χ0v) is 5.61. The number of alkyl halides is 2. The van der Waals surface area contributed by atoms with E-state index in [1.165, 1.54) is 7.11 Å². The van der Waals surface area contributed by atoms with Crippen molar-refractivity contribution in [2.45, 2.75) is 11.5 Å². The van der Waals surface area contributed by atoms with Crippen LogP contribution in [0.1, 0.15) is 6.42 Å². The fraction of sp³-hybridized carbons (Fsp3) is 0.800. The fourth-order valence-corrected chi connectivity index (χ4v) is 0.855. The standard InChI is InChI=1S/C5H6ClFO2/c1-9-4(8)3-2-5(3,6)7/h3H,2H2,1H3. The van der Waals surface area contributed by atoms with Gasteiger partial charge in [-0.15, -0.1) is 0 Å². The summed E-state index contributed by atoms with van der Waals surface area (Å²) < 4.78 is 16.6. The number of carbonyl (C=O) groups is 1. The molecule has 0 aliphatic heterocycles. The summed E-state index contributed by atoms with van der Waals surface area (Å²) >= 11 is 5.11. The van der Waals surface area contributed by atoms with Crippen molar-refractivity contribution >= 4 is 17.6 Å². The van der Waals surface area contributed by atoms with E-state index in [-0.39, 0.29) is 6.42 Å². The Morgan fingerprint density at radius 2 is 2.44 bits per heavy atom. The van der Waals surface area contributed by atoms with Crippen molar-refractivity contribution in [1.29, 1.82) is 0 Å². The molecule has 1 saturated carbocycles. The summed E-state index contributed by atoms with van der Waals surface area (Å²) in [7, 11) is 1.22. The van der Waals surface area contributed by atoms with E-state index in [0.29, 0.717) is 0 Å². The van der Waals surface area contributed by atoms with E-state index in [4.69, 9.17) is 11.6 Å². The third-order valence-electron chi connectivity index (χ3n) is 1.31. The minimum absolute atomic E-state index is 0.0846. The number of methoxy groups -OCH3 is 1. The molecular formula is C5H6ClFO2. The molecule has 2 nitrogen and oxygen atoms in total. The molecule has 0 bridgehead atoms. The van der Waals surface area contributed by atoms with Crippen LogP contribution >= 0.6 is 11.6 Å². The Labute approximate surface area is 56.9 Å². The van der Waals surface area contributed by atoms with Crippen LogP contribution in [-0.2, 0) is 9.53 Å². The lowest BCUT2D eigenvalue weighted by Crippen LogP contribution is -2.07. The van der Waals surface area contributed by atoms with Crippen LogP contribution < -0.4 is 0 Å². The predicted molar refractivity (Wildman–Crippen MR) is 29.8 cm³/mol. The lowest BCUT2D eigenvalue weighted by Gasteiger charge is -1.94. The van der Waals surface area contributed by atoms with E-state index in [2.05, 4.69) is 4.74 Å². The molecule has 0 saturated heterocycles. The number of hydrogen-bond donors (Lipinski definition) is 0. The Kier molecular flexibility index (Phi) is 1.39. The quantitative estimate of drug-likeness (QED) is 0.415. The lowest BCUT2D eigenvalue weighted by molar-refractivity contribution is -0.142. The van der Waals surface area contributed by atoms with E-state index in [1.54, 1.807) is 0 Å². The first-order valence-electron chi connectivity index (χ1n) is 2.53. The Hall–Kier alpha value is -0.310. The van der Waals surface area contributed by atoms with E-state index >= 15 is 0 Å². The van der Waals surface area contributed by atoms with Gasteiger partial charge in [-0.05, 0) is 0 Å². The Balaban J connectivity index is 2.42. The SMILES string of the molecule is COC(=O)C1CC1(F)Cl. The van der Waals surface area contributed by atoms with Gasteiger partial charge in [0, 0.05) is 6.42 Å². The maximum Gasteiger partial charge on any atom is 0.313 e. The summed E-state index contributed by atoms with van der Waals surface area (Å²) in [5, 5.41) is -1.81. The number of ether oxygens (including phenoxy) is 1. The predicted octanol–water partition coefficient (Wildman–Crippen LogP) is 1.08. The number of rotatable bonds is 1. The molecule has 0 aromatic heterocycles. The lowest BCUT2D eigenvalue weighted by atomic mass is 10.4. The molecule has 1 rings (SSSR count). The minimum Gasteiger partial charge on any atom is -0.469 e. The molecule has 1 aliphatic rings. The Bertz CT molecular complexity index is 146. The highest BCUT2D eigenvalue weighted by Crippen LogP contribution is 2.51. The molecular weight excluding hydrogens is 147 g/mol. The molecule has 0 aromatic rings. The van der Waals surface area contributed by atoms with Crippen molar-refractivity contribution in [2.24, 2.45) is 5.92 Å². The number of carbonyl (C=O) groups excluding carboxylic acids is 1. The van der Waals surface area contributed by atoms with Gasteiger partial charge in [0.15, 0.2) is 5.13 Å². The summed E-state index contributed by atoms with van der Waals surface area (Å²) in [6.07, 6.45) is 0.0846.